The van der Waals surface area contributed by atoms with Crippen LogP contribution < -0.4 is 10.5 Å². The number of methoxy groups -OCH3 is 1. The van der Waals surface area contributed by atoms with Crippen molar-refractivity contribution in [3.8, 4) is 17.0 Å². The number of nitrogen functional groups attached to an aromatic ring is 1. The Morgan fingerprint density at radius 3 is 2.88 bits per heavy atom. The minimum Gasteiger partial charge on any atom is -0.494 e. The van der Waals surface area contributed by atoms with E-state index in [9.17, 15) is 9.18 Å². The molecule has 2 aromatic rings. The van der Waals surface area contributed by atoms with Crippen LogP contribution in [-0.2, 0) is 0 Å². The fraction of sp³-hybridized carbons (Fsp3) is 0.0909. The van der Waals surface area contributed by atoms with Gasteiger partial charge in [0.25, 0.3) is 0 Å². The summed E-state index contributed by atoms with van der Waals surface area (Å²) in [5, 5.41) is 6.30. The first-order valence-corrected chi connectivity index (χ1v) is 4.80. The predicted octanol–water partition coefficient (Wildman–Crippen LogP) is 1.62. The average molecular weight is 235 g/mol. The maximum absolute atomic E-state index is 13.5. The number of rotatable bonds is 3. The number of aldehydes is 1. The van der Waals surface area contributed by atoms with Gasteiger partial charge in [0.1, 0.15) is 0 Å². The second kappa shape index (κ2) is 4.25. The number of hydrogen-bond donors (Lipinski definition) is 2. The number of anilines is 1. The number of ether oxygens (including phenoxy) is 1. The van der Waals surface area contributed by atoms with Crippen molar-refractivity contribution >= 4 is 12.1 Å². The number of carbonyl (C=O) groups excluding carboxylic acids is 1. The average Bonchev–Trinajstić information content (AvgIpc) is 2.70. The number of aromatic nitrogens is 2. The van der Waals surface area contributed by atoms with Gasteiger partial charge in [0.2, 0.25) is 0 Å². The summed E-state index contributed by atoms with van der Waals surface area (Å²) < 4.78 is 18.3. The van der Waals surface area contributed by atoms with Gasteiger partial charge in [-0.15, -0.1) is 0 Å². The van der Waals surface area contributed by atoms with Crippen LogP contribution in [0, 0.1) is 5.82 Å². The summed E-state index contributed by atoms with van der Waals surface area (Å²) >= 11 is 0. The Kier molecular flexibility index (Phi) is 2.78. The number of H-pyrrole nitrogens is 1. The molecule has 2 rings (SSSR count). The minimum absolute atomic E-state index is 0.0891. The number of aromatic amines is 1. The van der Waals surface area contributed by atoms with Crippen LogP contribution in [0.15, 0.2) is 18.2 Å². The zero-order valence-electron chi connectivity index (χ0n) is 9.03. The van der Waals surface area contributed by atoms with E-state index in [1.807, 2.05) is 0 Å². The molecule has 0 radical (unpaired) electrons. The lowest BCUT2D eigenvalue weighted by atomic mass is 10.1. The lowest BCUT2D eigenvalue weighted by Gasteiger charge is -2.04. The highest BCUT2D eigenvalue weighted by molar-refractivity contribution is 5.91. The molecule has 0 amide bonds. The quantitative estimate of drug-likeness (QED) is 0.792. The molecule has 0 aliphatic heterocycles. The van der Waals surface area contributed by atoms with E-state index in [-0.39, 0.29) is 17.1 Å². The Labute approximate surface area is 96.4 Å². The molecular weight excluding hydrogens is 225 g/mol. The van der Waals surface area contributed by atoms with Gasteiger partial charge in [0.05, 0.1) is 18.4 Å². The summed E-state index contributed by atoms with van der Waals surface area (Å²) in [5.74, 6) is -0.296. The molecule has 0 spiro atoms. The van der Waals surface area contributed by atoms with Crippen LogP contribution in [0.4, 0.5) is 10.2 Å². The smallest absolute Gasteiger partial charge is 0.165 e. The van der Waals surface area contributed by atoms with Crippen molar-refractivity contribution in [2.75, 3.05) is 12.8 Å². The van der Waals surface area contributed by atoms with Crippen LogP contribution in [0.25, 0.3) is 11.3 Å². The van der Waals surface area contributed by atoms with Crippen molar-refractivity contribution < 1.29 is 13.9 Å². The van der Waals surface area contributed by atoms with E-state index in [4.69, 9.17) is 10.5 Å². The second-order valence-corrected chi connectivity index (χ2v) is 3.36. The number of halogens is 1. The van der Waals surface area contributed by atoms with E-state index in [0.29, 0.717) is 17.5 Å². The third kappa shape index (κ3) is 1.84. The summed E-state index contributed by atoms with van der Waals surface area (Å²) in [7, 11) is 1.38. The van der Waals surface area contributed by atoms with Crippen molar-refractivity contribution in [3.63, 3.8) is 0 Å². The molecule has 1 aromatic heterocycles. The summed E-state index contributed by atoms with van der Waals surface area (Å²) in [5.41, 5.74) is 6.58. The first-order chi connectivity index (χ1) is 8.17. The molecule has 0 atom stereocenters. The number of nitrogens with one attached hydrogen (secondary N) is 1. The predicted molar refractivity (Wildman–Crippen MR) is 60.3 cm³/mol. The number of benzene rings is 1. The Hall–Kier alpha value is -2.37. The highest BCUT2D eigenvalue weighted by Gasteiger charge is 2.13. The number of hydrogen-bond acceptors (Lipinski definition) is 4. The Morgan fingerprint density at radius 1 is 1.53 bits per heavy atom. The fourth-order valence-electron chi connectivity index (χ4n) is 1.53. The largest absolute Gasteiger partial charge is 0.494 e. The van der Waals surface area contributed by atoms with Gasteiger partial charge in [-0.1, -0.05) is 0 Å². The van der Waals surface area contributed by atoms with Crippen molar-refractivity contribution in [3.05, 3.63) is 29.6 Å². The van der Waals surface area contributed by atoms with Crippen molar-refractivity contribution in [1.82, 2.24) is 10.2 Å². The summed E-state index contributed by atoms with van der Waals surface area (Å²) in [6, 6.07) is 4.33. The van der Waals surface area contributed by atoms with Crippen molar-refractivity contribution in [1.29, 1.82) is 0 Å². The van der Waals surface area contributed by atoms with E-state index in [1.54, 1.807) is 6.07 Å². The molecule has 0 unspecified atom stereocenters. The van der Waals surface area contributed by atoms with Crippen molar-refractivity contribution in [2.24, 2.45) is 0 Å². The zero-order chi connectivity index (χ0) is 12.4. The third-order valence-electron chi connectivity index (χ3n) is 2.39. The summed E-state index contributed by atoms with van der Waals surface area (Å²) in [6.07, 6.45) is 0.580. The highest BCUT2D eigenvalue weighted by Crippen LogP contribution is 2.27. The molecule has 0 aliphatic rings. The lowest BCUT2D eigenvalue weighted by Crippen LogP contribution is -1.92. The Morgan fingerprint density at radius 2 is 2.29 bits per heavy atom. The Bertz CT molecular complexity index is 566. The van der Waals surface area contributed by atoms with Gasteiger partial charge in [-0.3, -0.25) is 9.89 Å². The molecule has 0 fully saturated rings. The number of nitrogens with zero attached hydrogens (tertiary/aromatic N) is 1. The van der Waals surface area contributed by atoms with Crippen LogP contribution >= 0.6 is 0 Å². The number of carbonyl (C=O) groups is 1. The van der Waals surface area contributed by atoms with E-state index in [2.05, 4.69) is 10.2 Å². The van der Waals surface area contributed by atoms with Gasteiger partial charge in [0, 0.05) is 5.56 Å². The molecule has 88 valence electrons. The summed E-state index contributed by atoms with van der Waals surface area (Å²) in [6.45, 7) is 0. The third-order valence-corrected chi connectivity index (χ3v) is 2.39. The lowest BCUT2D eigenvalue weighted by molar-refractivity contribution is 0.112. The zero-order valence-corrected chi connectivity index (χ0v) is 9.03. The molecule has 5 nitrogen and oxygen atoms in total. The molecular formula is C11H10FN3O2. The topological polar surface area (TPSA) is 81.0 Å². The first kappa shape index (κ1) is 11.1. The maximum atomic E-state index is 13.5. The molecule has 17 heavy (non-hydrogen) atoms. The van der Waals surface area contributed by atoms with Crippen LogP contribution in [0.3, 0.4) is 0 Å². The van der Waals surface area contributed by atoms with Crippen LogP contribution in [0.1, 0.15) is 10.4 Å². The maximum Gasteiger partial charge on any atom is 0.165 e. The fourth-order valence-corrected chi connectivity index (χ4v) is 1.53. The van der Waals surface area contributed by atoms with E-state index >= 15 is 0 Å². The molecule has 0 aliphatic carbocycles. The van der Waals surface area contributed by atoms with Gasteiger partial charge >= 0.3 is 0 Å². The highest BCUT2D eigenvalue weighted by atomic mass is 19.1. The molecule has 1 heterocycles. The monoisotopic (exact) mass is 235 g/mol. The minimum atomic E-state index is -0.518. The van der Waals surface area contributed by atoms with Crippen LogP contribution in [-0.4, -0.2) is 23.6 Å². The standard InChI is InChI=1S/C11H10FN3O2/c1-17-9-3-2-6(4-8(9)12)10-7(5-16)11(13)15-14-10/h2-5H,1H3,(H3,13,14,15). The van der Waals surface area contributed by atoms with Gasteiger partial charge < -0.3 is 10.5 Å². The molecule has 3 N–H and O–H groups in total. The van der Waals surface area contributed by atoms with Gasteiger partial charge in [-0.2, -0.15) is 5.10 Å². The normalized spacial score (nSPS) is 10.2. The van der Waals surface area contributed by atoms with Gasteiger partial charge in [-0.25, -0.2) is 4.39 Å². The molecule has 6 heteroatoms. The van der Waals surface area contributed by atoms with Gasteiger partial charge in [-0.05, 0) is 18.2 Å². The Balaban J connectivity index is 2.53. The number of nitrogens with two attached hydrogens (primary N) is 1. The molecule has 0 saturated carbocycles. The molecule has 0 saturated heterocycles. The van der Waals surface area contributed by atoms with E-state index in [0.717, 1.165) is 0 Å². The van der Waals surface area contributed by atoms with Crippen LogP contribution in [0.5, 0.6) is 5.75 Å². The second-order valence-electron chi connectivity index (χ2n) is 3.36. The SMILES string of the molecule is COc1ccc(-c2[nH]nc(N)c2C=O)cc1F. The van der Waals surface area contributed by atoms with Crippen LogP contribution in [0.2, 0.25) is 0 Å². The van der Waals surface area contributed by atoms with E-state index in [1.165, 1.54) is 19.2 Å². The molecule has 0 bridgehead atoms. The molecule has 1 aromatic carbocycles. The van der Waals surface area contributed by atoms with Crippen molar-refractivity contribution in [2.45, 2.75) is 0 Å². The van der Waals surface area contributed by atoms with E-state index < -0.39 is 5.82 Å². The summed E-state index contributed by atoms with van der Waals surface area (Å²) in [4.78, 5) is 10.8. The first-order valence-electron chi connectivity index (χ1n) is 4.80. The van der Waals surface area contributed by atoms with Gasteiger partial charge in [0.15, 0.2) is 23.7 Å².